The Balaban J connectivity index is 2.41. The smallest absolute Gasteiger partial charge is 0.242 e. The van der Waals surface area contributed by atoms with Gasteiger partial charge in [-0.2, -0.15) is 0 Å². The van der Waals surface area contributed by atoms with E-state index in [1.165, 1.54) is 7.05 Å². The van der Waals surface area contributed by atoms with E-state index in [-0.39, 0.29) is 10.9 Å². The number of nitrogens with one attached hydrogen (secondary N) is 1. The Morgan fingerprint density at radius 1 is 1.38 bits per heavy atom. The number of rotatable bonds is 5. The van der Waals surface area contributed by atoms with Crippen LogP contribution < -0.4 is 9.62 Å². The number of para-hydroxylation sites is 1. The minimum absolute atomic E-state index is 0.100. The summed E-state index contributed by atoms with van der Waals surface area (Å²) < 4.78 is 26.7. The van der Waals surface area contributed by atoms with E-state index in [0.717, 1.165) is 6.54 Å². The Hall–Kier alpha value is -1.15. The number of aliphatic hydroxyl groups excluding tert-OH is 1. The van der Waals surface area contributed by atoms with Crippen LogP contribution >= 0.6 is 0 Å². The second kappa shape index (κ2) is 6.31. The van der Waals surface area contributed by atoms with Crippen molar-refractivity contribution in [1.82, 2.24) is 9.62 Å². The quantitative estimate of drug-likeness (QED) is 0.806. The maximum atomic E-state index is 12.2. The summed E-state index contributed by atoms with van der Waals surface area (Å²) in [6, 6.07) is 7.02. The zero-order chi connectivity index (χ0) is 15.6. The third kappa shape index (κ3) is 3.55. The minimum Gasteiger partial charge on any atom is -0.391 e. The molecule has 0 saturated carbocycles. The summed E-state index contributed by atoms with van der Waals surface area (Å²) in [7, 11) is 1.83. The first-order valence-corrected chi connectivity index (χ1v) is 8.45. The molecule has 1 aromatic rings. The minimum atomic E-state index is -3.52. The molecule has 2 rings (SSSR count). The third-order valence-electron chi connectivity index (χ3n) is 3.70. The molecule has 118 valence electrons. The van der Waals surface area contributed by atoms with E-state index in [0.29, 0.717) is 18.7 Å². The number of hydrogen-bond donors (Lipinski definition) is 2. The summed E-state index contributed by atoms with van der Waals surface area (Å²) in [5.41, 5.74) is 0.648. The third-order valence-corrected chi connectivity index (χ3v) is 5.16. The van der Waals surface area contributed by atoms with Crippen molar-refractivity contribution < 1.29 is 13.5 Å². The summed E-state index contributed by atoms with van der Waals surface area (Å²) in [5.74, 6) is 0. The lowest BCUT2D eigenvalue weighted by Crippen LogP contribution is -2.38. The molecule has 1 aliphatic rings. The highest BCUT2D eigenvalue weighted by molar-refractivity contribution is 7.89. The van der Waals surface area contributed by atoms with Crippen molar-refractivity contribution >= 4 is 15.7 Å². The molecule has 21 heavy (non-hydrogen) atoms. The fourth-order valence-electron chi connectivity index (χ4n) is 2.81. The number of nitrogens with zero attached hydrogens (tertiary/aromatic N) is 2. The Morgan fingerprint density at radius 3 is 2.67 bits per heavy atom. The Bertz CT molecular complexity index is 589. The molecule has 7 heteroatoms. The molecule has 1 aromatic carbocycles. The van der Waals surface area contributed by atoms with E-state index in [4.69, 9.17) is 0 Å². The van der Waals surface area contributed by atoms with Crippen LogP contribution in [-0.4, -0.2) is 64.8 Å². The van der Waals surface area contributed by atoms with Gasteiger partial charge in [-0.05, 0) is 39.7 Å². The molecule has 1 aliphatic heterocycles. The van der Waals surface area contributed by atoms with Crippen LogP contribution in [0.25, 0.3) is 0 Å². The van der Waals surface area contributed by atoms with Crippen LogP contribution in [0.3, 0.4) is 0 Å². The van der Waals surface area contributed by atoms with Gasteiger partial charge in [-0.25, -0.2) is 13.1 Å². The first kappa shape index (κ1) is 16.2. The van der Waals surface area contributed by atoms with Gasteiger partial charge in [-0.1, -0.05) is 12.1 Å². The Kier molecular flexibility index (Phi) is 4.88. The maximum Gasteiger partial charge on any atom is 0.242 e. The molecule has 2 atom stereocenters. The fraction of sp³-hybridized carbons (Fsp3) is 0.571. The van der Waals surface area contributed by atoms with Gasteiger partial charge in [0.05, 0.1) is 11.8 Å². The number of benzene rings is 1. The monoisotopic (exact) mass is 313 g/mol. The average Bonchev–Trinajstić information content (AvgIpc) is 2.78. The molecule has 2 unspecified atom stereocenters. The summed E-state index contributed by atoms with van der Waals surface area (Å²) in [6.07, 6.45) is 0.215. The normalized spacial score (nSPS) is 23.0. The van der Waals surface area contributed by atoms with Crippen LogP contribution in [0.5, 0.6) is 0 Å². The molecule has 1 saturated heterocycles. The van der Waals surface area contributed by atoms with Gasteiger partial charge in [0.15, 0.2) is 0 Å². The van der Waals surface area contributed by atoms with Crippen molar-refractivity contribution in [2.24, 2.45) is 0 Å². The average molecular weight is 313 g/mol. The van der Waals surface area contributed by atoms with Crippen LogP contribution in [-0.2, 0) is 10.0 Å². The molecular formula is C14H23N3O3S. The van der Waals surface area contributed by atoms with Gasteiger partial charge in [0.2, 0.25) is 10.0 Å². The van der Waals surface area contributed by atoms with E-state index < -0.39 is 16.1 Å². The fourth-order valence-corrected chi connectivity index (χ4v) is 3.75. The van der Waals surface area contributed by atoms with Crippen molar-refractivity contribution in [2.45, 2.75) is 23.5 Å². The van der Waals surface area contributed by atoms with Crippen LogP contribution in [0.1, 0.15) is 6.42 Å². The van der Waals surface area contributed by atoms with Crippen LogP contribution in [0.15, 0.2) is 29.2 Å². The van der Waals surface area contributed by atoms with Crippen LogP contribution in [0.4, 0.5) is 5.69 Å². The first-order valence-electron chi connectivity index (χ1n) is 6.97. The molecular weight excluding hydrogens is 290 g/mol. The van der Waals surface area contributed by atoms with E-state index in [1.807, 2.05) is 30.0 Å². The maximum absolute atomic E-state index is 12.2. The highest BCUT2D eigenvalue weighted by Crippen LogP contribution is 2.31. The van der Waals surface area contributed by atoms with Crippen molar-refractivity contribution in [1.29, 1.82) is 0 Å². The zero-order valence-electron chi connectivity index (χ0n) is 12.7. The number of likely N-dealkylation sites (N-methyl/N-ethyl adjacent to an activating group) is 1. The summed E-state index contributed by atoms with van der Waals surface area (Å²) >= 11 is 0. The molecule has 0 spiro atoms. The molecule has 2 N–H and O–H groups in total. The van der Waals surface area contributed by atoms with Gasteiger partial charge in [0, 0.05) is 19.1 Å². The number of sulfonamides is 1. The molecule has 1 heterocycles. The molecule has 0 radical (unpaired) electrons. The molecule has 0 bridgehead atoms. The highest BCUT2D eigenvalue weighted by atomic mass is 32.2. The van der Waals surface area contributed by atoms with Gasteiger partial charge in [-0.3, -0.25) is 0 Å². The lowest BCUT2D eigenvalue weighted by molar-refractivity contribution is 0.191. The van der Waals surface area contributed by atoms with Crippen molar-refractivity contribution in [3.05, 3.63) is 24.3 Å². The molecule has 0 amide bonds. The highest BCUT2D eigenvalue weighted by Gasteiger charge is 2.34. The lowest BCUT2D eigenvalue weighted by Gasteiger charge is -2.30. The summed E-state index contributed by atoms with van der Waals surface area (Å²) in [5, 5.41) is 9.97. The second-order valence-corrected chi connectivity index (χ2v) is 7.49. The van der Waals surface area contributed by atoms with Gasteiger partial charge < -0.3 is 14.9 Å². The van der Waals surface area contributed by atoms with Crippen molar-refractivity contribution in [3.63, 3.8) is 0 Å². The van der Waals surface area contributed by atoms with E-state index >= 15 is 0 Å². The first-order chi connectivity index (χ1) is 9.85. The van der Waals surface area contributed by atoms with Gasteiger partial charge in [-0.15, -0.1) is 0 Å². The largest absolute Gasteiger partial charge is 0.391 e. The van der Waals surface area contributed by atoms with E-state index in [9.17, 15) is 13.5 Å². The number of β-amino-alcohol motifs (C(OH)–C–C–N with tert-alkyl or cyclic N) is 1. The predicted molar refractivity (Wildman–Crippen MR) is 83.0 cm³/mol. The van der Waals surface area contributed by atoms with Crippen molar-refractivity contribution in [2.75, 3.05) is 39.1 Å². The van der Waals surface area contributed by atoms with Gasteiger partial charge >= 0.3 is 0 Å². The van der Waals surface area contributed by atoms with E-state index in [2.05, 4.69) is 4.72 Å². The summed E-state index contributed by atoms with van der Waals surface area (Å²) in [4.78, 5) is 4.30. The topological polar surface area (TPSA) is 72.9 Å². The Labute approximate surface area is 126 Å². The zero-order valence-corrected chi connectivity index (χ0v) is 13.5. The molecule has 0 aliphatic carbocycles. The Morgan fingerprint density at radius 2 is 2.05 bits per heavy atom. The van der Waals surface area contributed by atoms with Crippen LogP contribution in [0, 0.1) is 0 Å². The van der Waals surface area contributed by atoms with Crippen molar-refractivity contribution in [3.8, 4) is 0 Å². The van der Waals surface area contributed by atoms with Crippen LogP contribution in [0.2, 0.25) is 0 Å². The number of aliphatic hydroxyl groups is 1. The lowest BCUT2D eigenvalue weighted by atomic mass is 10.2. The second-order valence-electron chi connectivity index (χ2n) is 5.63. The van der Waals surface area contributed by atoms with Gasteiger partial charge in [0.25, 0.3) is 0 Å². The SMILES string of the molecule is CNS(=O)(=O)c1ccccc1N1CC(O)CC1CN(C)C. The molecule has 0 aromatic heterocycles. The standard InChI is InChI=1S/C14H23N3O3S/c1-15-21(19,20)14-7-5-4-6-13(14)17-10-12(18)8-11(17)9-16(2)3/h4-7,11-12,15,18H,8-10H2,1-3H3. The molecule has 6 nitrogen and oxygen atoms in total. The number of hydrogen-bond acceptors (Lipinski definition) is 5. The predicted octanol–water partition coefficient (Wildman–Crippen LogP) is 0.0959. The van der Waals surface area contributed by atoms with Gasteiger partial charge in [0.1, 0.15) is 4.90 Å². The number of anilines is 1. The summed E-state index contributed by atoms with van der Waals surface area (Å²) in [6.45, 7) is 1.22. The van der Waals surface area contributed by atoms with E-state index in [1.54, 1.807) is 18.2 Å². The molecule has 1 fully saturated rings.